The third-order valence-corrected chi connectivity index (χ3v) is 6.01. The van der Waals surface area contributed by atoms with Crippen LogP contribution in [0.2, 0.25) is 0 Å². The lowest BCUT2D eigenvalue weighted by Crippen LogP contribution is -2.23. The maximum atomic E-state index is 11.5. The summed E-state index contributed by atoms with van der Waals surface area (Å²) in [6, 6.07) is 0. The lowest BCUT2D eigenvalue weighted by molar-refractivity contribution is -0.121. The number of amides is 1. The van der Waals surface area contributed by atoms with Crippen molar-refractivity contribution in [3.63, 3.8) is 0 Å². The zero-order chi connectivity index (χ0) is 21.3. The van der Waals surface area contributed by atoms with Crippen molar-refractivity contribution in [2.24, 2.45) is 0 Å². The van der Waals surface area contributed by atoms with Gasteiger partial charge in [0.2, 0.25) is 5.91 Å². The fourth-order valence-electron chi connectivity index (χ4n) is 4.03. The molecule has 2 nitrogen and oxygen atoms in total. The molecule has 0 aromatic rings. The van der Waals surface area contributed by atoms with Crippen LogP contribution in [-0.2, 0) is 4.79 Å². The lowest BCUT2D eigenvalue weighted by Gasteiger charge is -2.04. The van der Waals surface area contributed by atoms with Crippen LogP contribution in [0.1, 0.15) is 155 Å². The Hall–Kier alpha value is -0.530. The molecule has 1 N–H and O–H groups in total. The Labute approximate surface area is 184 Å². The molecule has 2 heteroatoms. The fraction of sp³-hybridized carbons (Fsp3) is 0.926. The second kappa shape index (κ2) is 25.5. The average molecular weight is 409 g/mol. The SMILES string of the molecule is [CH2]CCNC(=O)CCCCCCCCCCCCCCCCCCCCCCC. The third-order valence-electron chi connectivity index (χ3n) is 6.01. The molecule has 0 aromatic carbocycles. The highest BCUT2D eigenvalue weighted by atomic mass is 16.1. The number of carbonyl (C=O) groups is 1. The second-order valence-electron chi connectivity index (χ2n) is 9.02. The van der Waals surface area contributed by atoms with Crippen LogP contribution in [-0.4, -0.2) is 12.5 Å². The van der Waals surface area contributed by atoms with Gasteiger partial charge >= 0.3 is 0 Å². The van der Waals surface area contributed by atoms with Crippen LogP contribution in [0.15, 0.2) is 0 Å². The van der Waals surface area contributed by atoms with E-state index in [1.807, 2.05) is 0 Å². The van der Waals surface area contributed by atoms with Crippen molar-refractivity contribution >= 4 is 5.91 Å². The van der Waals surface area contributed by atoms with E-state index >= 15 is 0 Å². The minimum absolute atomic E-state index is 0.200. The van der Waals surface area contributed by atoms with Gasteiger partial charge in [0.15, 0.2) is 0 Å². The van der Waals surface area contributed by atoms with Gasteiger partial charge in [-0.05, 0) is 12.8 Å². The molecule has 0 aliphatic rings. The van der Waals surface area contributed by atoms with Gasteiger partial charge in [0.25, 0.3) is 0 Å². The Balaban J connectivity index is 3.04. The Bertz CT molecular complexity index is 316. The molecule has 0 aromatic heterocycles. The molecule has 1 amide bonds. The van der Waals surface area contributed by atoms with E-state index in [0.29, 0.717) is 6.42 Å². The second-order valence-corrected chi connectivity index (χ2v) is 9.02. The quantitative estimate of drug-likeness (QED) is 0.159. The van der Waals surface area contributed by atoms with E-state index < -0.39 is 0 Å². The van der Waals surface area contributed by atoms with Crippen LogP contribution in [0.3, 0.4) is 0 Å². The molecule has 1 radical (unpaired) electrons. The monoisotopic (exact) mass is 408 g/mol. The largest absolute Gasteiger partial charge is 0.356 e. The van der Waals surface area contributed by atoms with Crippen molar-refractivity contribution < 1.29 is 4.79 Å². The van der Waals surface area contributed by atoms with Crippen LogP contribution in [0.25, 0.3) is 0 Å². The Kier molecular flexibility index (Phi) is 25.0. The first kappa shape index (κ1) is 28.5. The Morgan fingerprint density at radius 1 is 0.552 bits per heavy atom. The van der Waals surface area contributed by atoms with E-state index in [9.17, 15) is 4.79 Å². The summed E-state index contributed by atoms with van der Waals surface area (Å²) in [6.45, 7) is 6.75. The van der Waals surface area contributed by atoms with E-state index in [0.717, 1.165) is 19.4 Å². The number of rotatable bonds is 24. The number of hydrogen-bond donors (Lipinski definition) is 1. The van der Waals surface area contributed by atoms with Gasteiger partial charge in [-0.15, -0.1) is 0 Å². The first-order chi connectivity index (χ1) is 14.3. The fourth-order valence-corrected chi connectivity index (χ4v) is 4.03. The molecule has 0 aliphatic carbocycles. The van der Waals surface area contributed by atoms with Crippen molar-refractivity contribution in [1.82, 2.24) is 5.32 Å². The zero-order valence-electron chi connectivity index (χ0n) is 20.1. The molecule has 0 heterocycles. The number of carbonyl (C=O) groups excluding carboxylic acids is 1. The van der Waals surface area contributed by atoms with Gasteiger partial charge < -0.3 is 5.32 Å². The van der Waals surface area contributed by atoms with E-state index in [-0.39, 0.29) is 5.91 Å². The van der Waals surface area contributed by atoms with Crippen LogP contribution in [0.5, 0.6) is 0 Å². The smallest absolute Gasteiger partial charge is 0.219 e. The highest BCUT2D eigenvalue weighted by Crippen LogP contribution is 2.15. The molecule has 0 saturated carbocycles. The van der Waals surface area contributed by atoms with E-state index in [1.54, 1.807) is 0 Å². The minimum atomic E-state index is 0.200. The van der Waals surface area contributed by atoms with Crippen molar-refractivity contribution in [2.75, 3.05) is 6.54 Å². The molecule has 0 spiro atoms. The Morgan fingerprint density at radius 3 is 1.17 bits per heavy atom. The van der Waals surface area contributed by atoms with Crippen molar-refractivity contribution in [3.8, 4) is 0 Å². The average Bonchev–Trinajstić information content (AvgIpc) is 2.73. The van der Waals surface area contributed by atoms with Crippen molar-refractivity contribution in [1.29, 1.82) is 0 Å². The van der Waals surface area contributed by atoms with Crippen LogP contribution in [0.4, 0.5) is 0 Å². The van der Waals surface area contributed by atoms with Gasteiger partial charge in [0, 0.05) is 13.0 Å². The van der Waals surface area contributed by atoms with E-state index in [1.165, 1.54) is 128 Å². The summed E-state index contributed by atoms with van der Waals surface area (Å²) in [7, 11) is 0. The summed E-state index contributed by atoms with van der Waals surface area (Å²) < 4.78 is 0. The van der Waals surface area contributed by atoms with Gasteiger partial charge in [0.1, 0.15) is 0 Å². The minimum Gasteiger partial charge on any atom is -0.356 e. The maximum Gasteiger partial charge on any atom is 0.219 e. The van der Waals surface area contributed by atoms with Crippen LogP contribution in [0, 0.1) is 6.92 Å². The molecule has 0 saturated heterocycles. The molecule has 0 atom stereocenters. The molecule has 0 unspecified atom stereocenters. The predicted octanol–water partition coefficient (Wildman–Crippen LogP) is 8.93. The summed E-state index contributed by atoms with van der Waals surface area (Å²) in [5.41, 5.74) is 0. The maximum absolute atomic E-state index is 11.5. The van der Waals surface area contributed by atoms with Crippen molar-refractivity contribution in [3.05, 3.63) is 6.92 Å². The summed E-state index contributed by atoms with van der Waals surface area (Å²) in [5.74, 6) is 0.200. The molecular formula is C27H54NO. The number of hydrogen-bond acceptors (Lipinski definition) is 1. The van der Waals surface area contributed by atoms with Gasteiger partial charge in [-0.25, -0.2) is 0 Å². The first-order valence-electron chi connectivity index (χ1n) is 13.4. The molecule has 0 bridgehead atoms. The third kappa shape index (κ3) is 25.4. The van der Waals surface area contributed by atoms with Gasteiger partial charge in [-0.2, -0.15) is 0 Å². The standard InChI is InChI=1S/C27H54NO/c1-3-5-6-7-8-9-10-11-12-13-14-15-16-17-18-19-20-21-22-23-24-25-27(29)28-26-4-2/h2-26H2,1H3,(H,28,29). The predicted molar refractivity (Wildman–Crippen MR) is 130 cm³/mol. The normalized spacial score (nSPS) is 11.1. The number of nitrogens with one attached hydrogen (secondary N) is 1. The highest BCUT2D eigenvalue weighted by molar-refractivity contribution is 5.75. The molecular weight excluding hydrogens is 354 g/mol. The van der Waals surface area contributed by atoms with E-state index in [4.69, 9.17) is 0 Å². The topological polar surface area (TPSA) is 29.1 Å². The lowest BCUT2D eigenvalue weighted by atomic mass is 10.0. The summed E-state index contributed by atoms with van der Waals surface area (Å²) >= 11 is 0. The van der Waals surface area contributed by atoms with Gasteiger partial charge in [-0.1, -0.05) is 142 Å². The van der Waals surface area contributed by atoms with Crippen LogP contribution < -0.4 is 5.32 Å². The summed E-state index contributed by atoms with van der Waals surface area (Å²) in [4.78, 5) is 11.5. The van der Waals surface area contributed by atoms with E-state index in [2.05, 4.69) is 19.2 Å². The molecule has 29 heavy (non-hydrogen) atoms. The summed E-state index contributed by atoms with van der Waals surface area (Å²) in [6.07, 6.45) is 30.9. The Morgan fingerprint density at radius 2 is 0.862 bits per heavy atom. The summed E-state index contributed by atoms with van der Waals surface area (Å²) in [5, 5.41) is 2.89. The zero-order valence-corrected chi connectivity index (χ0v) is 20.1. The molecule has 0 aliphatic heterocycles. The van der Waals surface area contributed by atoms with Crippen LogP contribution >= 0.6 is 0 Å². The van der Waals surface area contributed by atoms with Crippen molar-refractivity contribution in [2.45, 2.75) is 155 Å². The first-order valence-corrected chi connectivity index (χ1v) is 13.4. The molecule has 0 fully saturated rings. The van der Waals surface area contributed by atoms with Gasteiger partial charge in [0.05, 0.1) is 0 Å². The highest BCUT2D eigenvalue weighted by Gasteiger charge is 1.99. The number of unbranched alkanes of at least 4 members (excludes halogenated alkanes) is 20. The molecule has 173 valence electrons. The van der Waals surface area contributed by atoms with Gasteiger partial charge in [-0.3, -0.25) is 4.79 Å². The molecule has 0 rings (SSSR count).